The second-order valence-corrected chi connectivity index (χ2v) is 5.84. The molecule has 2 N–H and O–H groups in total. The van der Waals surface area contributed by atoms with Crippen LogP contribution in [-0.4, -0.2) is 24.0 Å². The maximum Gasteiger partial charge on any atom is 0.314 e. The molecule has 3 heteroatoms. The van der Waals surface area contributed by atoms with Crippen LogP contribution < -0.4 is 5.73 Å². The van der Waals surface area contributed by atoms with E-state index in [2.05, 4.69) is 55.0 Å². The van der Waals surface area contributed by atoms with Gasteiger partial charge in [0.15, 0.2) is 0 Å². The van der Waals surface area contributed by atoms with E-state index in [1.807, 2.05) is 6.07 Å². The Balaban J connectivity index is 1.59. The number of hydrogen-bond donors (Lipinski definition) is 1. The van der Waals surface area contributed by atoms with Gasteiger partial charge in [0.25, 0.3) is 0 Å². The fraction of sp³-hybridized carbons (Fsp3) is 0.263. The highest BCUT2D eigenvalue weighted by Crippen LogP contribution is 2.23. The van der Waals surface area contributed by atoms with Gasteiger partial charge in [-0.1, -0.05) is 54.6 Å². The number of piperidine rings is 1. The molecule has 0 aromatic heterocycles. The van der Waals surface area contributed by atoms with E-state index in [1.165, 1.54) is 16.7 Å². The summed E-state index contributed by atoms with van der Waals surface area (Å²) in [6.45, 7) is 1.43. The Bertz CT molecular complexity index is 614. The molecule has 113 valence electrons. The van der Waals surface area contributed by atoms with E-state index in [0.717, 1.165) is 19.4 Å². The van der Waals surface area contributed by atoms with Gasteiger partial charge in [-0.2, -0.15) is 0 Å². The number of rotatable bonds is 3. The number of likely N-dealkylation sites (tertiary alicyclic amines) is 1. The number of nitrogens with zero attached hydrogens (tertiary/aromatic N) is 1. The molecule has 3 nitrogen and oxygen atoms in total. The van der Waals surface area contributed by atoms with Crippen molar-refractivity contribution in [1.29, 1.82) is 0 Å². The lowest BCUT2D eigenvalue weighted by molar-refractivity contribution is 0.196. The van der Waals surface area contributed by atoms with Crippen LogP contribution in [0.4, 0.5) is 4.79 Å². The Labute approximate surface area is 131 Å². The number of benzene rings is 2. The zero-order chi connectivity index (χ0) is 15.4. The molecule has 2 aromatic carbocycles. The third-order valence-corrected chi connectivity index (χ3v) is 4.30. The first-order chi connectivity index (χ1) is 10.7. The lowest BCUT2D eigenvalue weighted by atomic mass is 9.89. The minimum atomic E-state index is -0.318. The van der Waals surface area contributed by atoms with Crippen LogP contribution in [0.2, 0.25) is 0 Å². The third kappa shape index (κ3) is 3.48. The minimum Gasteiger partial charge on any atom is -0.351 e. The van der Waals surface area contributed by atoms with Gasteiger partial charge in [-0.15, -0.1) is 0 Å². The number of urea groups is 1. The predicted octanol–water partition coefficient (Wildman–Crippen LogP) is 3.50. The number of amides is 2. The van der Waals surface area contributed by atoms with Crippen molar-refractivity contribution in [2.24, 2.45) is 11.7 Å². The van der Waals surface area contributed by atoms with Gasteiger partial charge in [-0.3, -0.25) is 0 Å². The van der Waals surface area contributed by atoms with Gasteiger partial charge >= 0.3 is 6.03 Å². The summed E-state index contributed by atoms with van der Waals surface area (Å²) < 4.78 is 0. The Hall–Kier alpha value is -2.29. The first kappa shape index (κ1) is 14.6. The van der Waals surface area contributed by atoms with Gasteiger partial charge in [0.2, 0.25) is 0 Å². The first-order valence-electron chi connectivity index (χ1n) is 7.74. The smallest absolute Gasteiger partial charge is 0.314 e. The van der Waals surface area contributed by atoms with E-state index in [0.29, 0.717) is 12.5 Å². The maximum absolute atomic E-state index is 11.1. The third-order valence-electron chi connectivity index (χ3n) is 4.30. The van der Waals surface area contributed by atoms with Crippen molar-refractivity contribution in [2.45, 2.75) is 12.8 Å². The van der Waals surface area contributed by atoms with Crippen molar-refractivity contribution < 1.29 is 4.79 Å². The summed E-state index contributed by atoms with van der Waals surface area (Å²) in [6.07, 6.45) is 4.23. The molecular weight excluding hydrogens is 272 g/mol. The van der Waals surface area contributed by atoms with Crippen molar-refractivity contribution >= 4 is 6.03 Å². The highest BCUT2D eigenvalue weighted by atomic mass is 16.2. The normalized spacial score (nSPS) is 15.7. The molecule has 22 heavy (non-hydrogen) atoms. The van der Waals surface area contributed by atoms with Crippen molar-refractivity contribution in [3.8, 4) is 11.1 Å². The molecule has 2 amide bonds. The largest absolute Gasteiger partial charge is 0.351 e. The van der Waals surface area contributed by atoms with Crippen LogP contribution in [0.5, 0.6) is 0 Å². The van der Waals surface area contributed by atoms with Crippen LogP contribution in [0.15, 0.2) is 54.6 Å². The highest BCUT2D eigenvalue weighted by Gasteiger charge is 2.21. The molecule has 0 unspecified atom stereocenters. The first-order valence-corrected chi connectivity index (χ1v) is 7.74. The molecule has 0 bridgehead atoms. The summed E-state index contributed by atoms with van der Waals surface area (Å²) in [5, 5.41) is 0. The number of hydrogen-bond acceptors (Lipinski definition) is 1. The molecule has 1 atom stereocenters. The zero-order valence-corrected chi connectivity index (χ0v) is 12.6. The Morgan fingerprint density at radius 3 is 2.32 bits per heavy atom. The predicted molar refractivity (Wildman–Crippen MR) is 89.1 cm³/mol. The Morgan fingerprint density at radius 2 is 1.73 bits per heavy atom. The van der Waals surface area contributed by atoms with Crippen molar-refractivity contribution in [3.05, 3.63) is 66.6 Å². The van der Waals surface area contributed by atoms with Crippen LogP contribution in [0.1, 0.15) is 12.0 Å². The molecule has 1 aliphatic heterocycles. The van der Waals surface area contributed by atoms with Crippen molar-refractivity contribution in [2.75, 3.05) is 13.1 Å². The summed E-state index contributed by atoms with van der Waals surface area (Å²) in [6, 6.07) is 18.9. The van der Waals surface area contributed by atoms with E-state index in [1.54, 1.807) is 4.90 Å². The number of nitrogens with two attached hydrogens (primary N) is 1. The monoisotopic (exact) mass is 293 g/mol. The molecule has 2 aromatic rings. The molecule has 1 fully saturated rings. The van der Waals surface area contributed by atoms with Gasteiger partial charge in [-0.25, -0.2) is 4.79 Å². The van der Waals surface area contributed by atoms with E-state index < -0.39 is 0 Å². The summed E-state index contributed by atoms with van der Waals surface area (Å²) >= 11 is 0. The SMILES string of the molecule is NC(=O)N1C[CH][C@@H](Cc2ccc(-c3ccccc3)cc2)CC1. The second kappa shape index (κ2) is 6.65. The topological polar surface area (TPSA) is 46.3 Å². The molecule has 0 spiro atoms. The summed E-state index contributed by atoms with van der Waals surface area (Å²) in [4.78, 5) is 12.8. The van der Waals surface area contributed by atoms with Crippen LogP contribution in [0.3, 0.4) is 0 Å². The van der Waals surface area contributed by atoms with E-state index in [-0.39, 0.29) is 6.03 Å². The average molecular weight is 293 g/mol. The molecule has 1 aliphatic rings. The zero-order valence-electron chi connectivity index (χ0n) is 12.6. The van der Waals surface area contributed by atoms with Crippen LogP contribution >= 0.6 is 0 Å². The van der Waals surface area contributed by atoms with Crippen molar-refractivity contribution in [3.63, 3.8) is 0 Å². The molecule has 0 aliphatic carbocycles. The molecule has 1 heterocycles. The quantitative estimate of drug-likeness (QED) is 0.925. The lowest BCUT2D eigenvalue weighted by Gasteiger charge is -2.30. The highest BCUT2D eigenvalue weighted by molar-refractivity contribution is 5.72. The molecular formula is C19H21N2O. The fourth-order valence-corrected chi connectivity index (χ4v) is 2.96. The lowest BCUT2D eigenvalue weighted by Crippen LogP contribution is -2.42. The molecule has 1 radical (unpaired) electrons. The minimum absolute atomic E-state index is 0.318. The Kier molecular flexibility index (Phi) is 4.42. The summed E-state index contributed by atoms with van der Waals surface area (Å²) in [5.41, 5.74) is 9.14. The van der Waals surface area contributed by atoms with Gasteiger partial charge in [0.1, 0.15) is 0 Å². The van der Waals surface area contributed by atoms with Crippen LogP contribution in [0, 0.1) is 12.3 Å². The summed E-state index contributed by atoms with van der Waals surface area (Å²) in [5.74, 6) is 0.526. The van der Waals surface area contributed by atoms with Crippen LogP contribution in [0.25, 0.3) is 11.1 Å². The molecule has 3 rings (SSSR count). The van der Waals surface area contributed by atoms with Crippen molar-refractivity contribution in [1.82, 2.24) is 4.90 Å². The number of carbonyl (C=O) groups is 1. The van der Waals surface area contributed by atoms with Gasteiger partial charge in [-0.05, 0) is 41.9 Å². The number of carbonyl (C=O) groups excluding carboxylic acids is 1. The van der Waals surface area contributed by atoms with E-state index >= 15 is 0 Å². The van der Waals surface area contributed by atoms with Gasteiger partial charge in [0, 0.05) is 13.1 Å². The van der Waals surface area contributed by atoms with E-state index in [9.17, 15) is 4.79 Å². The van der Waals surface area contributed by atoms with Gasteiger partial charge in [0.05, 0.1) is 0 Å². The second-order valence-electron chi connectivity index (χ2n) is 5.84. The summed E-state index contributed by atoms with van der Waals surface area (Å²) in [7, 11) is 0. The molecule has 1 saturated heterocycles. The fourth-order valence-electron chi connectivity index (χ4n) is 2.96. The van der Waals surface area contributed by atoms with Gasteiger partial charge < -0.3 is 10.6 Å². The average Bonchev–Trinajstić information content (AvgIpc) is 2.57. The van der Waals surface area contributed by atoms with E-state index in [4.69, 9.17) is 5.73 Å². The maximum atomic E-state index is 11.1. The number of primary amides is 1. The standard InChI is InChI=1S/C19H21N2O/c20-19(22)21-12-10-16(11-13-21)14-15-6-8-18(9-7-15)17-4-2-1-3-5-17/h1-10,16H,11-14H2,(H2,20,22)/t16-/m1/s1. The molecule has 0 saturated carbocycles. The Morgan fingerprint density at radius 1 is 1.05 bits per heavy atom. The van der Waals surface area contributed by atoms with Crippen LogP contribution in [-0.2, 0) is 6.42 Å².